The molecule has 114 valence electrons. The standard InChI is InChI=1S/C17H25N3O/c1-4-9-18-13-14-12-15(21-3)6-7-16(14)17-8-10-19-20(17)11-5-2/h6-8,10,12,18H,4-5,9,11,13H2,1-3H3. The van der Waals surface area contributed by atoms with Gasteiger partial charge in [0.1, 0.15) is 5.75 Å². The largest absolute Gasteiger partial charge is 0.497 e. The van der Waals surface area contributed by atoms with E-state index in [9.17, 15) is 0 Å². The second-order valence-electron chi connectivity index (χ2n) is 5.14. The lowest BCUT2D eigenvalue weighted by atomic mass is 10.0. The molecule has 0 saturated heterocycles. The van der Waals surface area contributed by atoms with Crippen molar-refractivity contribution >= 4 is 0 Å². The maximum absolute atomic E-state index is 5.36. The van der Waals surface area contributed by atoms with Crippen molar-refractivity contribution in [2.24, 2.45) is 0 Å². The summed E-state index contributed by atoms with van der Waals surface area (Å²) < 4.78 is 7.44. The number of ether oxygens (including phenoxy) is 1. The van der Waals surface area contributed by atoms with Crippen molar-refractivity contribution in [1.29, 1.82) is 0 Å². The molecule has 0 aliphatic rings. The molecule has 21 heavy (non-hydrogen) atoms. The third-order valence-corrected chi connectivity index (χ3v) is 3.48. The highest BCUT2D eigenvalue weighted by atomic mass is 16.5. The van der Waals surface area contributed by atoms with E-state index in [4.69, 9.17) is 4.74 Å². The fraction of sp³-hybridized carbons (Fsp3) is 0.471. The van der Waals surface area contributed by atoms with Crippen LogP contribution in [0.25, 0.3) is 11.3 Å². The Balaban J connectivity index is 2.34. The lowest BCUT2D eigenvalue weighted by Gasteiger charge is -2.14. The molecule has 2 aromatic rings. The van der Waals surface area contributed by atoms with E-state index in [2.05, 4.69) is 47.1 Å². The number of rotatable bonds is 8. The Bertz CT molecular complexity index is 563. The van der Waals surface area contributed by atoms with Crippen molar-refractivity contribution in [1.82, 2.24) is 15.1 Å². The zero-order chi connectivity index (χ0) is 15.1. The summed E-state index contributed by atoms with van der Waals surface area (Å²) in [5, 5.41) is 7.90. The first kappa shape index (κ1) is 15.6. The average Bonchev–Trinajstić information content (AvgIpc) is 2.96. The number of nitrogens with one attached hydrogen (secondary N) is 1. The normalized spacial score (nSPS) is 10.8. The molecule has 2 rings (SSSR count). The van der Waals surface area contributed by atoms with Crippen LogP contribution in [0, 0.1) is 0 Å². The summed E-state index contributed by atoms with van der Waals surface area (Å²) in [6, 6.07) is 8.34. The smallest absolute Gasteiger partial charge is 0.119 e. The van der Waals surface area contributed by atoms with E-state index in [1.807, 2.05) is 12.3 Å². The van der Waals surface area contributed by atoms with Crippen molar-refractivity contribution in [3.63, 3.8) is 0 Å². The summed E-state index contributed by atoms with van der Waals surface area (Å²) in [5.74, 6) is 0.897. The third kappa shape index (κ3) is 3.85. The van der Waals surface area contributed by atoms with E-state index in [0.717, 1.165) is 38.2 Å². The number of hydrogen-bond acceptors (Lipinski definition) is 3. The molecule has 0 spiro atoms. The minimum atomic E-state index is 0.845. The summed E-state index contributed by atoms with van der Waals surface area (Å²) in [4.78, 5) is 0. The quantitative estimate of drug-likeness (QED) is 0.756. The minimum Gasteiger partial charge on any atom is -0.497 e. The molecule has 0 atom stereocenters. The number of aryl methyl sites for hydroxylation is 1. The van der Waals surface area contributed by atoms with Crippen LogP contribution in [-0.2, 0) is 13.1 Å². The Hall–Kier alpha value is -1.81. The maximum atomic E-state index is 5.36. The molecule has 0 aliphatic heterocycles. The van der Waals surface area contributed by atoms with Gasteiger partial charge < -0.3 is 10.1 Å². The molecule has 1 N–H and O–H groups in total. The number of hydrogen-bond donors (Lipinski definition) is 1. The van der Waals surface area contributed by atoms with Crippen LogP contribution in [0.1, 0.15) is 32.3 Å². The molecule has 0 bridgehead atoms. The van der Waals surface area contributed by atoms with Crippen molar-refractivity contribution in [2.75, 3.05) is 13.7 Å². The highest BCUT2D eigenvalue weighted by Gasteiger charge is 2.11. The van der Waals surface area contributed by atoms with Gasteiger partial charge in [-0.05, 0) is 49.2 Å². The van der Waals surface area contributed by atoms with Gasteiger partial charge in [-0.15, -0.1) is 0 Å². The predicted octanol–water partition coefficient (Wildman–Crippen LogP) is 3.47. The van der Waals surface area contributed by atoms with Crippen LogP contribution in [0.2, 0.25) is 0 Å². The van der Waals surface area contributed by atoms with Crippen LogP contribution in [0.3, 0.4) is 0 Å². The van der Waals surface area contributed by atoms with Gasteiger partial charge in [-0.2, -0.15) is 5.10 Å². The highest BCUT2D eigenvalue weighted by Crippen LogP contribution is 2.27. The molecule has 0 saturated carbocycles. The van der Waals surface area contributed by atoms with E-state index < -0.39 is 0 Å². The summed E-state index contributed by atoms with van der Waals surface area (Å²) in [6.45, 7) is 7.15. The van der Waals surface area contributed by atoms with Gasteiger partial charge in [0.2, 0.25) is 0 Å². The zero-order valence-electron chi connectivity index (χ0n) is 13.2. The summed E-state index contributed by atoms with van der Waals surface area (Å²) in [7, 11) is 1.71. The van der Waals surface area contributed by atoms with Gasteiger partial charge >= 0.3 is 0 Å². The Kier molecular flexibility index (Phi) is 5.81. The van der Waals surface area contributed by atoms with Gasteiger partial charge in [0.05, 0.1) is 12.8 Å². The van der Waals surface area contributed by atoms with Gasteiger partial charge in [-0.1, -0.05) is 13.8 Å². The van der Waals surface area contributed by atoms with Crippen molar-refractivity contribution < 1.29 is 4.74 Å². The van der Waals surface area contributed by atoms with E-state index >= 15 is 0 Å². The summed E-state index contributed by atoms with van der Waals surface area (Å²) in [6.07, 6.45) is 4.08. The van der Waals surface area contributed by atoms with Crippen LogP contribution >= 0.6 is 0 Å². The SMILES string of the molecule is CCCNCc1cc(OC)ccc1-c1ccnn1CCC. The first-order valence-electron chi connectivity index (χ1n) is 7.70. The molecular weight excluding hydrogens is 262 g/mol. The third-order valence-electron chi connectivity index (χ3n) is 3.48. The van der Waals surface area contributed by atoms with E-state index in [1.54, 1.807) is 7.11 Å². The van der Waals surface area contributed by atoms with E-state index in [1.165, 1.54) is 16.8 Å². The van der Waals surface area contributed by atoms with Crippen LogP contribution in [-0.4, -0.2) is 23.4 Å². The number of benzene rings is 1. The monoisotopic (exact) mass is 287 g/mol. The molecule has 1 aromatic carbocycles. The van der Waals surface area contributed by atoms with E-state index in [-0.39, 0.29) is 0 Å². The molecule has 1 aromatic heterocycles. The molecule has 4 nitrogen and oxygen atoms in total. The van der Waals surface area contributed by atoms with Crippen LogP contribution in [0.4, 0.5) is 0 Å². The lowest BCUT2D eigenvalue weighted by Crippen LogP contribution is -2.15. The van der Waals surface area contributed by atoms with Crippen LogP contribution < -0.4 is 10.1 Å². The van der Waals surface area contributed by atoms with Gasteiger partial charge in [-0.25, -0.2) is 0 Å². The fourth-order valence-electron chi connectivity index (χ4n) is 2.44. The maximum Gasteiger partial charge on any atom is 0.119 e. The Morgan fingerprint density at radius 1 is 1.19 bits per heavy atom. The molecule has 0 fully saturated rings. The lowest BCUT2D eigenvalue weighted by molar-refractivity contribution is 0.414. The molecule has 0 unspecified atom stereocenters. The van der Waals surface area contributed by atoms with Crippen molar-refractivity contribution in [2.45, 2.75) is 39.8 Å². The van der Waals surface area contributed by atoms with E-state index in [0.29, 0.717) is 0 Å². The Morgan fingerprint density at radius 2 is 2.05 bits per heavy atom. The second kappa shape index (κ2) is 7.84. The summed E-state index contributed by atoms with van der Waals surface area (Å²) in [5.41, 5.74) is 3.65. The van der Waals surface area contributed by atoms with Gasteiger partial charge in [0.15, 0.2) is 0 Å². The fourth-order valence-corrected chi connectivity index (χ4v) is 2.44. The highest BCUT2D eigenvalue weighted by molar-refractivity contribution is 5.65. The Labute approximate surface area is 127 Å². The topological polar surface area (TPSA) is 39.1 Å². The molecule has 0 amide bonds. The first-order chi connectivity index (χ1) is 10.3. The average molecular weight is 287 g/mol. The Morgan fingerprint density at radius 3 is 2.76 bits per heavy atom. The van der Waals surface area contributed by atoms with Gasteiger partial charge in [-0.3, -0.25) is 4.68 Å². The minimum absolute atomic E-state index is 0.845. The molecule has 0 radical (unpaired) electrons. The predicted molar refractivity (Wildman–Crippen MR) is 86.5 cm³/mol. The summed E-state index contributed by atoms with van der Waals surface area (Å²) >= 11 is 0. The molecule has 0 aliphatic carbocycles. The molecule has 1 heterocycles. The van der Waals surface area contributed by atoms with Crippen LogP contribution in [0.5, 0.6) is 5.75 Å². The van der Waals surface area contributed by atoms with Crippen LogP contribution in [0.15, 0.2) is 30.5 Å². The van der Waals surface area contributed by atoms with Gasteiger partial charge in [0.25, 0.3) is 0 Å². The number of aromatic nitrogens is 2. The number of methoxy groups -OCH3 is 1. The van der Waals surface area contributed by atoms with Crippen molar-refractivity contribution in [3.8, 4) is 17.0 Å². The van der Waals surface area contributed by atoms with Crippen molar-refractivity contribution in [3.05, 3.63) is 36.0 Å². The molecular formula is C17H25N3O. The second-order valence-corrected chi connectivity index (χ2v) is 5.14. The zero-order valence-corrected chi connectivity index (χ0v) is 13.2. The van der Waals surface area contributed by atoms with Gasteiger partial charge in [0, 0.05) is 24.8 Å². The molecule has 4 heteroatoms. The first-order valence-corrected chi connectivity index (χ1v) is 7.70. The number of nitrogens with zero attached hydrogens (tertiary/aromatic N) is 2.